The predicted molar refractivity (Wildman–Crippen MR) is 63.0 cm³/mol. The van der Waals surface area contributed by atoms with Gasteiger partial charge in [0.2, 0.25) is 0 Å². The molecule has 0 radical (unpaired) electrons. The van der Waals surface area contributed by atoms with Gasteiger partial charge >= 0.3 is 0 Å². The first kappa shape index (κ1) is 11.8. The summed E-state index contributed by atoms with van der Waals surface area (Å²) < 4.78 is 0. The van der Waals surface area contributed by atoms with E-state index in [1.807, 2.05) is 0 Å². The summed E-state index contributed by atoms with van der Waals surface area (Å²) in [4.78, 5) is 0. The van der Waals surface area contributed by atoms with Crippen LogP contribution in [-0.2, 0) is 0 Å². The van der Waals surface area contributed by atoms with E-state index < -0.39 is 0 Å². The van der Waals surface area contributed by atoms with Gasteiger partial charge in [-0.3, -0.25) is 0 Å². The zero-order valence-electron chi connectivity index (χ0n) is 9.71. The lowest BCUT2D eigenvalue weighted by Gasteiger charge is -2.37. The summed E-state index contributed by atoms with van der Waals surface area (Å²) in [7, 11) is 0. The highest BCUT2D eigenvalue weighted by Crippen LogP contribution is 2.38. The fourth-order valence-electron chi connectivity index (χ4n) is 2.78. The molecule has 3 atom stereocenters. The Labute approximate surface area is 88.8 Å². The first-order chi connectivity index (χ1) is 6.69. The molecule has 0 spiro atoms. The molecule has 0 aliphatic heterocycles. The van der Waals surface area contributed by atoms with Crippen molar-refractivity contribution in [2.45, 2.75) is 39.5 Å². The minimum absolute atomic E-state index is 0.753. The maximum absolute atomic E-state index is 5.81. The first-order valence-corrected chi connectivity index (χ1v) is 6.00. The summed E-state index contributed by atoms with van der Waals surface area (Å²) in [6, 6.07) is 0. The molecule has 1 saturated carbocycles. The van der Waals surface area contributed by atoms with Crippen LogP contribution in [0.15, 0.2) is 12.7 Å². The Morgan fingerprint density at radius 3 is 2.57 bits per heavy atom. The topological polar surface area (TPSA) is 26.0 Å². The van der Waals surface area contributed by atoms with Gasteiger partial charge in [0, 0.05) is 0 Å². The van der Waals surface area contributed by atoms with Crippen molar-refractivity contribution >= 4 is 0 Å². The molecule has 0 bridgehead atoms. The molecule has 14 heavy (non-hydrogen) atoms. The lowest BCUT2D eigenvalue weighted by molar-refractivity contribution is 0.153. The molecule has 3 unspecified atom stereocenters. The van der Waals surface area contributed by atoms with E-state index in [0.29, 0.717) is 0 Å². The fraction of sp³-hybridized carbons (Fsp3) is 0.846. The minimum atomic E-state index is 0.753. The first-order valence-electron chi connectivity index (χ1n) is 6.00. The molecule has 0 aromatic carbocycles. The molecule has 0 saturated heterocycles. The van der Waals surface area contributed by atoms with Crippen LogP contribution < -0.4 is 5.73 Å². The lowest BCUT2D eigenvalue weighted by Crippen LogP contribution is -2.31. The molecule has 82 valence electrons. The highest BCUT2D eigenvalue weighted by atomic mass is 14.6. The SMILES string of the molecule is C=CCC1CC(C(C)C)CCC1CN. The molecule has 0 amide bonds. The van der Waals surface area contributed by atoms with E-state index >= 15 is 0 Å². The van der Waals surface area contributed by atoms with E-state index in [4.69, 9.17) is 5.73 Å². The molecule has 1 aliphatic rings. The van der Waals surface area contributed by atoms with Crippen LogP contribution in [0.25, 0.3) is 0 Å². The molecule has 1 aliphatic carbocycles. The third kappa shape index (κ3) is 2.84. The number of rotatable bonds is 4. The Hall–Kier alpha value is -0.300. The summed E-state index contributed by atoms with van der Waals surface area (Å²) in [6.07, 6.45) is 7.30. The standard InChI is InChI=1S/C13H25N/c1-4-5-12-8-11(10(2)3)6-7-13(12)9-14/h4,10-13H,1,5-9,14H2,2-3H3. The second-order valence-corrected chi connectivity index (χ2v) is 5.10. The van der Waals surface area contributed by atoms with Gasteiger partial charge in [0.05, 0.1) is 0 Å². The van der Waals surface area contributed by atoms with E-state index in [0.717, 1.165) is 36.6 Å². The van der Waals surface area contributed by atoms with Gasteiger partial charge < -0.3 is 5.73 Å². The summed E-state index contributed by atoms with van der Waals surface area (Å²) in [6.45, 7) is 9.41. The van der Waals surface area contributed by atoms with Crippen LogP contribution in [0.4, 0.5) is 0 Å². The summed E-state index contributed by atoms with van der Waals surface area (Å²) in [5.41, 5.74) is 5.81. The Morgan fingerprint density at radius 1 is 1.36 bits per heavy atom. The molecule has 0 aromatic rings. The average molecular weight is 195 g/mol. The van der Waals surface area contributed by atoms with Crippen molar-refractivity contribution in [3.8, 4) is 0 Å². The number of hydrogen-bond acceptors (Lipinski definition) is 1. The average Bonchev–Trinajstić information content (AvgIpc) is 2.18. The van der Waals surface area contributed by atoms with E-state index in [1.54, 1.807) is 0 Å². The third-order valence-electron chi connectivity index (χ3n) is 3.90. The maximum Gasteiger partial charge on any atom is -0.00461 e. The molecular formula is C13H25N. The van der Waals surface area contributed by atoms with Crippen LogP contribution in [0.3, 0.4) is 0 Å². The number of hydrogen-bond donors (Lipinski definition) is 1. The van der Waals surface area contributed by atoms with Crippen molar-refractivity contribution in [2.24, 2.45) is 29.4 Å². The van der Waals surface area contributed by atoms with E-state index in [-0.39, 0.29) is 0 Å². The molecule has 1 fully saturated rings. The summed E-state index contributed by atoms with van der Waals surface area (Å²) in [5, 5.41) is 0. The van der Waals surface area contributed by atoms with Gasteiger partial charge in [-0.15, -0.1) is 6.58 Å². The molecule has 1 nitrogen and oxygen atoms in total. The monoisotopic (exact) mass is 195 g/mol. The van der Waals surface area contributed by atoms with Crippen LogP contribution in [0.5, 0.6) is 0 Å². The van der Waals surface area contributed by atoms with Gasteiger partial charge in [-0.2, -0.15) is 0 Å². The fourth-order valence-corrected chi connectivity index (χ4v) is 2.78. The van der Waals surface area contributed by atoms with Crippen LogP contribution in [-0.4, -0.2) is 6.54 Å². The van der Waals surface area contributed by atoms with Gasteiger partial charge in [-0.25, -0.2) is 0 Å². The number of allylic oxidation sites excluding steroid dienone is 1. The van der Waals surface area contributed by atoms with Crippen molar-refractivity contribution in [1.29, 1.82) is 0 Å². The van der Waals surface area contributed by atoms with Crippen molar-refractivity contribution in [2.75, 3.05) is 6.54 Å². The largest absolute Gasteiger partial charge is 0.330 e. The second kappa shape index (κ2) is 5.55. The number of nitrogens with two attached hydrogens (primary N) is 1. The Kier molecular flexibility index (Phi) is 4.67. The van der Waals surface area contributed by atoms with Crippen molar-refractivity contribution in [3.63, 3.8) is 0 Å². The Bertz CT molecular complexity index is 174. The van der Waals surface area contributed by atoms with Crippen molar-refractivity contribution < 1.29 is 0 Å². The maximum atomic E-state index is 5.81. The zero-order valence-corrected chi connectivity index (χ0v) is 9.71. The highest BCUT2D eigenvalue weighted by Gasteiger charge is 2.29. The second-order valence-electron chi connectivity index (χ2n) is 5.10. The molecule has 1 rings (SSSR count). The van der Waals surface area contributed by atoms with Crippen LogP contribution in [0.2, 0.25) is 0 Å². The van der Waals surface area contributed by atoms with E-state index in [1.165, 1.54) is 19.3 Å². The van der Waals surface area contributed by atoms with Gasteiger partial charge in [0.25, 0.3) is 0 Å². The third-order valence-corrected chi connectivity index (χ3v) is 3.90. The lowest BCUT2D eigenvalue weighted by atomic mass is 9.69. The zero-order chi connectivity index (χ0) is 10.6. The van der Waals surface area contributed by atoms with Crippen LogP contribution in [0, 0.1) is 23.7 Å². The normalized spacial score (nSPS) is 33.3. The minimum Gasteiger partial charge on any atom is -0.330 e. The summed E-state index contributed by atoms with van der Waals surface area (Å²) in [5.74, 6) is 3.31. The van der Waals surface area contributed by atoms with E-state index in [9.17, 15) is 0 Å². The van der Waals surface area contributed by atoms with Gasteiger partial charge in [-0.05, 0) is 55.9 Å². The summed E-state index contributed by atoms with van der Waals surface area (Å²) >= 11 is 0. The predicted octanol–water partition coefficient (Wildman–Crippen LogP) is 3.21. The molecule has 0 heterocycles. The van der Waals surface area contributed by atoms with Gasteiger partial charge in [0.15, 0.2) is 0 Å². The molecular weight excluding hydrogens is 170 g/mol. The van der Waals surface area contributed by atoms with Crippen LogP contribution in [0.1, 0.15) is 39.5 Å². The van der Waals surface area contributed by atoms with Gasteiger partial charge in [-0.1, -0.05) is 19.9 Å². The highest BCUT2D eigenvalue weighted by molar-refractivity contribution is 4.86. The quantitative estimate of drug-likeness (QED) is 0.685. The van der Waals surface area contributed by atoms with Crippen molar-refractivity contribution in [3.05, 3.63) is 12.7 Å². The van der Waals surface area contributed by atoms with Crippen molar-refractivity contribution in [1.82, 2.24) is 0 Å². The molecule has 2 N–H and O–H groups in total. The Balaban J connectivity index is 2.52. The van der Waals surface area contributed by atoms with E-state index in [2.05, 4.69) is 26.5 Å². The Morgan fingerprint density at radius 2 is 2.07 bits per heavy atom. The van der Waals surface area contributed by atoms with Gasteiger partial charge in [0.1, 0.15) is 0 Å². The molecule has 0 aromatic heterocycles. The smallest absolute Gasteiger partial charge is 0.00461 e. The van der Waals surface area contributed by atoms with Crippen LogP contribution >= 0.6 is 0 Å². The molecule has 1 heteroatoms.